The second-order valence-corrected chi connectivity index (χ2v) is 7.23. The quantitative estimate of drug-likeness (QED) is 0.330. The smallest absolute Gasteiger partial charge is 0.373 e. The molecule has 2 unspecified atom stereocenters. The predicted molar refractivity (Wildman–Crippen MR) is 123 cm³/mol. The van der Waals surface area contributed by atoms with Gasteiger partial charge < -0.3 is 15.0 Å². The Labute approximate surface area is 192 Å². The van der Waals surface area contributed by atoms with Gasteiger partial charge in [0, 0.05) is 39.7 Å². The van der Waals surface area contributed by atoms with Crippen LogP contribution < -0.4 is 5.32 Å². The van der Waals surface area contributed by atoms with E-state index in [-0.39, 0.29) is 30.1 Å². The highest BCUT2D eigenvalue weighted by atomic mass is 127. The van der Waals surface area contributed by atoms with Gasteiger partial charge in [-0.25, -0.2) is 0 Å². The van der Waals surface area contributed by atoms with E-state index in [9.17, 15) is 13.2 Å². The van der Waals surface area contributed by atoms with Gasteiger partial charge in [0.1, 0.15) is 0 Å². The van der Waals surface area contributed by atoms with E-state index in [1.807, 2.05) is 30.1 Å². The Morgan fingerprint density at radius 2 is 1.80 bits per heavy atom. The number of hydrogen-bond acceptors (Lipinski definition) is 2. The third-order valence-electron chi connectivity index (χ3n) is 5.14. The van der Waals surface area contributed by atoms with Crippen LogP contribution in [-0.2, 0) is 17.5 Å². The first-order valence-corrected chi connectivity index (χ1v) is 9.63. The molecule has 30 heavy (non-hydrogen) atoms. The van der Waals surface area contributed by atoms with E-state index in [4.69, 9.17) is 4.74 Å². The summed E-state index contributed by atoms with van der Waals surface area (Å²) < 4.78 is 44.1. The van der Waals surface area contributed by atoms with Crippen molar-refractivity contribution in [3.05, 3.63) is 71.3 Å². The Bertz CT molecular complexity index is 813. The van der Waals surface area contributed by atoms with Crippen LogP contribution in [0, 0.1) is 5.92 Å². The minimum Gasteiger partial charge on any atom is -0.373 e. The van der Waals surface area contributed by atoms with Gasteiger partial charge in [-0.1, -0.05) is 42.5 Å². The Hall–Kier alpha value is -1.81. The predicted octanol–water partition coefficient (Wildman–Crippen LogP) is 5.11. The van der Waals surface area contributed by atoms with Crippen LogP contribution >= 0.6 is 24.0 Å². The normalized spacial score (nSPS) is 19.3. The van der Waals surface area contributed by atoms with E-state index < -0.39 is 11.7 Å². The molecule has 0 aromatic heterocycles. The highest BCUT2D eigenvalue weighted by Crippen LogP contribution is 2.34. The molecule has 0 aliphatic carbocycles. The molecular weight excluding hydrogens is 506 g/mol. The molecule has 0 spiro atoms. The maximum absolute atomic E-state index is 12.7. The van der Waals surface area contributed by atoms with Crippen LogP contribution in [0.3, 0.4) is 0 Å². The van der Waals surface area contributed by atoms with Crippen molar-refractivity contribution in [3.8, 4) is 0 Å². The molecule has 2 aromatic rings. The minimum atomic E-state index is -4.32. The average Bonchev–Trinajstić information content (AvgIpc) is 3.17. The molecule has 8 heteroatoms. The summed E-state index contributed by atoms with van der Waals surface area (Å²) >= 11 is 0. The summed E-state index contributed by atoms with van der Waals surface area (Å²) in [5.41, 5.74) is 1.32. The Balaban J connectivity index is 0.00000320. The van der Waals surface area contributed by atoms with Crippen molar-refractivity contribution < 1.29 is 17.9 Å². The lowest BCUT2D eigenvalue weighted by atomic mass is 9.95. The van der Waals surface area contributed by atoms with Gasteiger partial charge in [-0.2, -0.15) is 13.2 Å². The Morgan fingerprint density at radius 3 is 2.40 bits per heavy atom. The van der Waals surface area contributed by atoms with Gasteiger partial charge >= 0.3 is 6.18 Å². The van der Waals surface area contributed by atoms with Gasteiger partial charge in [0.05, 0.1) is 11.7 Å². The summed E-state index contributed by atoms with van der Waals surface area (Å²) in [6.45, 7) is 1.90. The van der Waals surface area contributed by atoms with E-state index in [2.05, 4.69) is 22.4 Å². The van der Waals surface area contributed by atoms with Crippen LogP contribution in [0.25, 0.3) is 0 Å². The fourth-order valence-electron chi connectivity index (χ4n) is 3.61. The molecule has 0 saturated carbocycles. The number of aliphatic imine (C=N–C) groups is 1. The second kappa shape index (κ2) is 11.0. The summed E-state index contributed by atoms with van der Waals surface area (Å²) in [7, 11) is 3.57. The van der Waals surface area contributed by atoms with Gasteiger partial charge in [0.25, 0.3) is 0 Å². The number of benzene rings is 2. The molecule has 1 aliphatic heterocycles. The molecule has 0 amide bonds. The summed E-state index contributed by atoms with van der Waals surface area (Å²) in [6, 6.07) is 15.4. The zero-order chi connectivity index (χ0) is 20.9. The molecule has 1 heterocycles. The fraction of sp³-hybridized carbons (Fsp3) is 0.409. The van der Waals surface area contributed by atoms with E-state index in [1.54, 1.807) is 7.05 Å². The monoisotopic (exact) mass is 533 g/mol. The lowest BCUT2D eigenvalue weighted by Gasteiger charge is -2.25. The van der Waals surface area contributed by atoms with Gasteiger partial charge in [0.2, 0.25) is 0 Å². The lowest BCUT2D eigenvalue weighted by molar-refractivity contribution is -0.137. The van der Waals surface area contributed by atoms with E-state index in [0.717, 1.165) is 30.7 Å². The van der Waals surface area contributed by atoms with Gasteiger partial charge in [-0.05, 0) is 29.7 Å². The largest absolute Gasteiger partial charge is 0.416 e. The highest BCUT2D eigenvalue weighted by Gasteiger charge is 2.31. The number of ether oxygens (including phenoxy) is 1. The van der Waals surface area contributed by atoms with Crippen LogP contribution in [0.5, 0.6) is 0 Å². The standard InChI is InChI=1S/C22H26F3N3O.HI/c1-26-21(28(2)15-16-8-10-19(11-9-16)22(23,24)25)27-14-18-12-13-29-20(18)17-6-4-3-5-7-17;/h3-11,18,20H,12-15H2,1-2H3,(H,26,27);1H. The molecule has 1 fully saturated rings. The van der Waals surface area contributed by atoms with Gasteiger partial charge in [0.15, 0.2) is 5.96 Å². The molecule has 1 saturated heterocycles. The van der Waals surface area contributed by atoms with Gasteiger partial charge in [-0.15, -0.1) is 24.0 Å². The highest BCUT2D eigenvalue weighted by molar-refractivity contribution is 14.0. The molecule has 0 radical (unpaired) electrons. The molecule has 0 bridgehead atoms. The third kappa shape index (κ3) is 6.34. The Kier molecular flexibility index (Phi) is 8.96. The Morgan fingerprint density at radius 1 is 1.13 bits per heavy atom. The second-order valence-electron chi connectivity index (χ2n) is 7.23. The van der Waals surface area contributed by atoms with Crippen molar-refractivity contribution in [2.24, 2.45) is 10.9 Å². The molecular formula is C22H27F3IN3O. The third-order valence-corrected chi connectivity index (χ3v) is 5.14. The number of guanidine groups is 1. The molecule has 2 aromatic carbocycles. The maximum atomic E-state index is 12.7. The van der Waals surface area contributed by atoms with Crippen LogP contribution in [0.1, 0.15) is 29.2 Å². The molecule has 4 nitrogen and oxygen atoms in total. The van der Waals surface area contributed by atoms with Gasteiger partial charge in [-0.3, -0.25) is 4.99 Å². The fourth-order valence-corrected chi connectivity index (χ4v) is 3.61. The number of alkyl halides is 3. The summed E-state index contributed by atoms with van der Waals surface area (Å²) in [5, 5.41) is 3.38. The van der Waals surface area contributed by atoms with Crippen molar-refractivity contribution in [2.75, 3.05) is 27.2 Å². The average molecular weight is 533 g/mol. The number of rotatable bonds is 5. The van der Waals surface area contributed by atoms with Crippen LogP contribution in [0.4, 0.5) is 13.2 Å². The molecule has 1 aliphatic rings. The topological polar surface area (TPSA) is 36.9 Å². The number of nitrogens with zero attached hydrogens (tertiary/aromatic N) is 2. The first-order valence-electron chi connectivity index (χ1n) is 9.63. The van der Waals surface area contributed by atoms with Crippen molar-refractivity contribution in [1.29, 1.82) is 0 Å². The van der Waals surface area contributed by atoms with E-state index >= 15 is 0 Å². The number of halogens is 4. The van der Waals surface area contributed by atoms with Crippen molar-refractivity contribution in [1.82, 2.24) is 10.2 Å². The lowest BCUT2D eigenvalue weighted by Crippen LogP contribution is -2.41. The maximum Gasteiger partial charge on any atom is 0.416 e. The van der Waals surface area contributed by atoms with E-state index in [1.165, 1.54) is 17.7 Å². The van der Waals surface area contributed by atoms with Crippen LogP contribution in [0.15, 0.2) is 59.6 Å². The molecule has 1 N–H and O–H groups in total. The van der Waals surface area contributed by atoms with E-state index in [0.29, 0.717) is 25.0 Å². The zero-order valence-electron chi connectivity index (χ0n) is 17.0. The van der Waals surface area contributed by atoms with Crippen LogP contribution in [-0.4, -0.2) is 38.1 Å². The first kappa shape index (κ1) is 24.5. The summed E-state index contributed by atoms with van der Waals surface area (Å²) in [6.07, 6.45) is -3.30. The first-order chi connectivity index (χ1) is 13.9. The summed E-state index contributed by atoms with van der Waals surface area (Å²) in [4.78, 5) is 6.21. The SMILES string of the molecule is CN=C(NCC1CCOC1c1ccccc1)N(C)Cc1ccc(C(F)(F)F)cc1.I. The zero-order valence-corrected chi connectivity index (χ0v) is 19.4. The molecule has 164 valence electrons. The van der Waals surface area contributed by atoms with Crippen molar-refractivity contribution in [2.45, 2.75) is 25.2 Å². The molecule has 3 rings (SSSR count). The minimum absolute atomic E-state index is 0. The van der Waals surface area contributed by atoms with Crippen molar-refractivity contribution in [3.63, 3.8) is 0 Å². The van der Waals surface area contributed by atoms with Crippen LogP contribution in [0.2, 0.25) is 0 Å². The summed E-state index contributed by atoms with van der Waals surface area (Å²) in [5.74, 6) is 1.03. The van der Waals surface area contributed by atoms with Crippen molar-refractivity contribution >= 4 is 29.9 Å². The molecule has 2 atom stereocenters. The number of nitrogens with one attached hydrogen (secondary N) is 1. The number of hydrogen-bond donors (Lipinski definition) is 1.